The van der Waals surface area contributed by atoms with Gasteiger partial charge in [0, 0.05) is 23.6 Å². The van der Waals surface area contributed by atoms with Crippen LogP contribution in [0.3, 0.4) is 0 Å². The Bertz CT molecular complexity index is 1060. The molecule has 0 saturated heterocycles. The Morgan fingerprint density at radius 2 is 1.87 bits per heavy atom. The number of hydrogen-bond donors (Lipinski definition) is 2. The highest BCUT2D eigenvalue weighted by molar-refractivity contribution is 6.06. The van der Waals surface area contributed by atoms with Gasteiger partial charge in [-0.2, -0.15) is 0 Å². The van der Waals surface area contributed by atoms with Crippen molar-refractivity contribution in [3.8, 4) is 28.7 Å². The zero-order valence-corrected chi connectivity index (χ0v) is 17.5. The Morgan fingerprint density at radius 1 is 1.13 bits per heavy atom. The van der Waals surface area contributed by atoms with Gasteiger partial charge in [0.05, 0.1) is 32.3 Å². The van der Waals surface area contributed by atoms with E-state index in [4.69, 9.17) is 23.7 Å². The zero-order valence-electron chi connectivity index (χ0n) is 17.5. The molecule has 4 atom stereocenters. The standard InChI is InChI=1S/C23H24O8/c1-23(26,10-24)19-7-13-14(30-19)5-4-11-21(25)20-12-6-16(27-2)17(28-3)8-15(12)29-9-18(20)31-22(11)13/h4-6,8,18-20,24,26H,7,9-10H2,1-3H3/t18-,19-,20+,23+/m1/s1. The van der Waals surface area contributed by atoms with Crippen LogP contribution in [0.1, 0.15) is 34.3 Å². The number of rotatable bonds is 4. The quantitative estimate of drug-likeness (QED) is 0.761. The Morgan fingerprint density at radius 3 is 2.58 bits per heavy atom. The van der Waals surface area contributed by atoms with E-state index < -0.39 is 30.3 Å². The van der Waals surface area contributed by atoms with Crippen LogP contribution in [0.4, 0.5) is 0 Å². The molecule has 0 fully saturated rings. The maximum Gasteiger partial charge on any atom is 0.178 e. The highest BCUT2D eigenvalue weighted by Gasteiger charge is 2.47. The van der Waals surface area contributed by atoms with E-state index >= 15 is 0 Å². The van der Waals surface area contributed by atoms with Crippen LogP contribution in [0.2, 0.25) is 0 Å². The second kappa shape index (κ2) is 7.03. The number of Topliss-reactive ketones (excluding diaryl/α,β-unsaturated/α-hetero) is 1. The molecule has 0 amide bonds. The summed E-state index contributed by atoms with van der Waals surface area (Å²) in [4.78, 5) is 13.6. The number of fused-ring (bicyclic) bond motifs is 6. The van der Waals surface area contributed by atoms with E-state index in [9.17, 15) is 15.0 Å². The Kier molecular flexibility index (Phi) is 4.53. The minimum absolute atomic E-state index is 0.0665. The molecule has 2 aromatic rings. The third-order valence-corrected chi connectivity index (χ3v) is 6.33. The SMILES string of the molecule is COc1cc2c(cc1OC)[C@@H]1C(=O)c3ccc4c(c3O[C@@H]1CO2)C[C@H]([C@@](C)(O)CO)O4. The van der Waals surface area contributed by atoms with E-state index in [1.54, 1.807) is 38.5 Å². The highest BCUT2D eigenvalue weighted by Crippen LogP contribution is 2.50. The lowest BCUT2D eigenvalue weighted by Gasteiger charge is -2.37. The lowest BCUT2D eigenvalue weighted by Crippen LogP contribution is -2.45. The molecule has 5 rings (SSSR count). The summed E-state index contributed by atoms with van der Waals surface area (Å²) in [5.74, 6) is 2.03. The van der Waals surface area contributed by atoms with Gasteiger partial charge >= 0.3 is 0 Å². The van der Waals surface area contributed by atoms with Gasteiger partial charge in [0.15, 0.2) is 17.3 Å². The Hall–Kier alpha value is -2.97. The fourth-order valence-electron chi connectivity index (χ4n) is 4.51. The monoisotopic (exact) mass is 428 g/mol. The summed E-state index contributed by atoms with van der Waals surface area (Å²) in [5, 5.41) is 19.9. The molecular formula is C23H24O8. The molecule has 0 radical (unpaired) electrons. The maximum absolute atomic E-state index is 13.6. The van der Waals surface area contributed by atoms with Crippen molar-refractivity contribution in [2.45, 2.75) is 37.1 Å². The zero-order chi connectivity index (χ0) is 21.9. The summed E-state index contributed by atoms with van der Waals surface area (Å²) < 4.78 is 28.8. The molecule has 3 heterocycles. The topological polar surface area (TPSA) is 104 Å². The number of aliphatic hydroxyl groups is 2. The summed E-state index contributed by atoms with van der Waals surface area (Å²) in [6.07, 6.45) is -0.802. The van der Waals surface area contributed by atoms with Crippen LogP contribution in [0.25, 0.3) is 0 Å². The third-order valence-electron chi connectivity index (χ3n) is 6.33. The van der Waals surface area contributed by atoms with Gasteiger partial charge in [-0.05, 0) is 25.1 Å². The normalized spacial score (nSPS) is 24.9. The molecule has 164 valence electrons. The van der Waals surface area contributed by atoms with Gasteiger partial charge in [-0.1, -0.05) is 0 Å². The van der Waals surface area contributed by atoms with Gasteiger partial charge in [-0.25, -0.2) is 0 Å². The molecule has 2 N–H and O–H groups in total. The Balaban J connectivity index is 1.55. The largest absolute Gasteiger partial charge is 0.493 e. The number of aliphatic hydroxyl groups excluding tert-OH is 1. The molecule has 31 heavy (non-hydrogen) atoms. The molecule has 0 aromatic heterocycles. The van der Waals surface area contributed by atoms with E-state index in [-0.39, 0.29) is 12.4 Å². The average Bonchev–Trinajstić information content (AvgIpc) is 3.23. The summed E-state index contributed by atoms with van der Waals surface area (Å²) in [6, 6.07) is 6.91. The molecule has 3 aliphatic rings. The first kappa shape index (κ1) is 20.0. The Labute approximate surface area is 179 Å². The van der Waals surface area contributed by atoms with Gasteiger partial charge in [0.1, 0.15) is 41.7 Å². The second-order valence-corrected chi connectivity index (χ2v) is 8.30. The van der Waals surface area contributed by atoms with Gasteiger partial charge in [-0.3, -0.25) is 4.79 Å². The van der Waals surface area contributed by atoms with E-state index in [1.807, 2.05) is 0 Å². The van der Waals surface area contributed by atoms with Gasteiger partial charge in [0.25, 0.3) is 0 Å². The smallest absolute Gasteiger partial charge is 0.178 e. The van der Waals surface area contributed by atoms with Gasteiger partial charge in [0.2, 0.25) is 0 Å². The first-order valence-corrected chi connectivity index (χ1v) is 10.1. The summed E-state index contributed by atoms with van der Waals surface area (Å²) in [7, 11) is 3.09. The van der Waals surface area contributed by atoms with Crippen molar-refractivity contribution >= 4 is 5.78 Å². The minimum atomic E-state index is -1.41. The van der Waals surface area contributed by atoms with Gasteiger partial charge in [-0.15, -0.1) is 0 Å². The molecule has 2 aromatic carbocycles. The molecule has 0 unspecified atom stereocenters. The van der Waals surface area contributed by atoms with Crippen molar-refractivity contribution in [3.63, 3.8) is 0 Å². The molecule has 0 bridgehead atoms. The van der Waals surface area contributed by atoms with Crippen LogP contribution in [0.15, 0.2) is 24.3 Å². The number of hydrogen-bond acceptors (Lipinski definition) is 8. The summed E-state index contributed by atoms with van der Waals surface area (Å²) in [5.41, 5.74) is 0.481. The van der Waals surface area contributed by atoms with Crippen molar-refractivity contribution in [3.05, 3.63) is 41.0 Å². The summed E-state index contributed by atoms with van der Waals surface area (Å²) >= 11 is 0. The predicted octanol–water partition coefficient (Wildman–Crippen LogP) is 1.87. The maximum atomic E-state index is 13.6. The fraction of sp³-hybridized carbons (Fsp3) is 0.435. The van der Waals surface area contributed by atoms with E-state index in [0.717, 1.165) is 5.56 Å². The first-order chi connectivity index (χ1) is 14.9. The van der Waals surface area contributed by atoms with Crippen molar-refractivity contribution in [2.24, 2.45) is 0 Å². The number of benzene rings is 2. The average molecular weight is 428 g/mol. The third kappa shape index (κ3) is 2.93. The second-order valence-electron chi connectivity index (χ2n) is 8.30. The molecule has 0 aliphatic carbocycles. The van der Waals surface area contributed by atoms with Crippen molar-refractivity contribution in [1.29, 1.82) is 0 Å². The number of ether oxygens (including phenoxy) is 5. The van der Waals surface area contributed by atoms with Crippen LogP contribution < -0.4 is 23.7 Å². The van der Waals surface area contributed by atoms with Crippen LogP contribution in [-0.4, -0.2) is 61.2 Å². The van der Waals surface area contributed by atoms with Crippen LogP contribution in [0.5, 0.6) is 28.7 Å². The molecule has 0 saturated carbocycles. The molecule has 3 aliphatic heterocycles. The van der Waals surface area contributed by atoms with Crippen LogP contribution in [0, 0.1) is 0 Å². The predicted molar refractivity (Wildman–Crippen MR) is 109 cm³/mol. The lowest BCUT2D eigenvalue weighted by molar-refractivity contribution is -0.0729. The number of ketones is 1. The highest BCUT2D eigenvalue weighted by atomic mass is 16.5. The van der Waals surface area contributed by atoms with Crippen LogP contribution >= 0.6 is 0 Å². The number of carbonyl (C=O) groups excluding carboxylic acids is 1. The van der Waals surface area contributed by atoms with Gasteiger partial charge < -0.3 is 33.9 Å². The minimum Gasteiger partial charge on any atom is -0.493 e. The van der Waals surface area contributed by atoms with Crippen LogP contribution in [-0.2, 0) is 6.42 Å². The van der Waals surface area contributed by atoms with E-state index in [1.165, 1.54) is 6.92 Å². The van der Waals surface area contributed by atoms with E-state index in [2.05, 4.69) is 0 Å². The fourth-order valence-corrected chi connectivity index (χ4v) is 4.51. The lowest BCUT2D eigenvalue weighted by atomic mass is 9.81. The number of carbonyl (C=O) groups is 1. The molecule has 0 spiro atoms. The molecular weight excluding hydrogens is 404 g/mol. The molecule has 8 heteroatoms. The summed E-state index contributed by atoms with van der Waals surface area (Å²) in [6.45, 7) is 1.29. The molecule has 8 nitrogen and oxygen atoms in total. The van der Waals surface area contributed by atoms with Crippen molar-refractivity contribution < 1.29 is 38.7 Å². The van der Waals surface area contributed by atoms with E-state index in [0.29, 0.717) is 46.3 Å². The first-order valence-electron chi connectivity index (χ1n) is 10.1. The van der Waals surface area contributed by atoms with Crippen molar-refractivity contribution in [2.75, 3.05) is 27.4 Å². The number of methoxy groups -OCH3 is 2. The van der Waals surface area contributed by atoms with Crippen molar-refractivity contribution in [1.82, 2.24) is 0 Å².